The van der Waals surface area contributed by atoms with Gasteiger partial charge in [0.05, 0.1) is 4.90 Å². The van der Waals surface area contributed by atoms with Crippen molar-refractivity contribution < 1.29 is 13.2 Å². The summed E-state index contributed by atoms with van der Waals surface area (Å²) in [5, 5.41) is 12.4. The highest BCUT2D eigenvalue weighted by Crippen LogP contribution is 2.32. The summed E-state index contributed by atoms with van der Waals surface area (Å²) >= 11 is 7.05. The van der Waals surface area contributed by atoms with Gasteiger partial charge >= 0.3 is 0 Å². The quantitative estimate of drug-likeness (QED) is 0.618. The molecule has 10 heteroatoms. The predicted octanol–water partition coefficient (Wildman–Crippen LogP) is 4.01. The van der Waals surface area contributed by atoms with E-state index in [2.05, 4.69) is 15.5 Å². The van der Waals surface area contributed by atoms with Gasteiger partial charge in [-0.15, -0.1) is 10.2 Å². The van der Waals surface area contributed by atoms with Crippen LogP contribution in [0.3, 0.4) is 0 Å². The molecule has 0 saturated carbocycles. The molecule has 1 atom stereocenters. The molecular formula is C20H19ClN4O3S2. The van der Waals surface area contributed by atoms with Crippen molar-refractivity contribution >= 4 is 44.6 Å². The first-order valence-electron chi connectivity index (χ1n) is 9.39. The van der Waals surface area contributed by atoms with Crippen LogP contribution in [-0.2, 0) is 10.0 Å². The van der Waals surface area contributed by atoms with Crippen LogP contribution in [0.2, 0.25) is 5.02 Å². The number of rotatable bonds is 5. The summed E-state index contributed by atoms with van der Waals surface area (Å²) < 4.78 is 27.3. The number of anilines is 1. The molecule has 0 radical (unpaired) electrons. The Bertz CT molecular complexity index is 1130. The lowest BCUT2D eigenvalue weighted by Crippen LogP contribution is -2.39. The van der Waals surface area contributed by atoms with Crippen molar-refractivity contribution in [2.24, 2.45) is 0 Å². The monoisotopic (exact) mass is 462 g/mol. The van der Waals surface area contributed by atoms with Gasteiger partial charge in [-0.05, 0) is 49.2 Å². The summed E-state index contributed by atoms with van der Waals surface area (Å²) in [5.74, 6) is -0.447. The molecule has 156 valence electrons. The number of sulfonamides is 1. The zero-order valence-electron chi connectivity index (χ0n) is 15.9. The largest absolute Gasteiger partial charge is 0.320 e. The lowest BCUT2D eigenvalue weighted by Gasteiger charge is -2.30. The lowest BCUT2D eigenvalue weighted by atomic mass is 10.0. The SMILES string of the molecule is O=C(Nc1ccc(Cl)cc1)c1nnc([C@H]2CCCN(S(=O)(=O)c3ccccc3)C2)s1. The maximum Gasteiger partial charge on any atom is 0.286 e. The van der Waals surface area contributed by atoms with Gasteiger partial charge < -0.3 is 5.32 Å². The van der Waals surface area contributed by atoms with Crippen LogP contribution in [0.25, 0.3) is 0 Å². The van der Waals surface area contributed by atoms with Gasteiger partial charge in [0.15, 0.2) is 0 Å². The van der Waals surface area contributed by atoms with Gasteiger partial charge in [-0.25, -0.2) is 8.42 Å². The van der Waals surface area contributed by atoms with Gasteiger partial charge in [-0.3, -0.25) is 4.79 Å². The number of amides is 1. The predicted molar refractivity (Wildman–Crippen MR) is 116 cm³/mol. The summed E-state index contributed by atoms with van der Waals surface area (Å²) in [6.45, 7) is 0.793. The number of carbonyl (C=O) groups is 1. The van der Waals surface area contributed by atoms with E-state index in [-0.39, 0.29) is 21.7 Å². The molecular weight excluding hydrogens is 444 g/mol. The van der Waals surface area contributed by atoms with Gasteiger partial charge in [-0.1, -0.05) is 41.1 Å². The van der Waals surface area contributed by atoms with Gasteiger partial charge in [0.2, 0.25) is 15.0 Å². The van der Waals surface area contributed by atoms with E-state index < -0.39 is 10.0 Å². The van der Waals surface area contributed by atoms with Crippen LogP contribution in [0.15, 0.2) is 59.5 Å². The first-order chi connectivity index (χ1) is 14.4. The number of piperidine rings is 1. The van der Waals surface area contributed by atoms with Crippen molar-refractivity contribution in [1.82, 2.24) is 14.5 Å². The van der Waals surface area contributed by atoms with Crippen LogP contribution < -0.4 is 5.32 Å². The maximum absolute atomic E-state index is 12.9. The fourth-order valence-electron chi connectivity index (χ4n) is 3.31. The van der Waals surface area contributed by atoms with Gasteiger partial charge in [0.1, 0.15) is 5.01 Å². The zero-order valence-corrected chi connectivity index (χ0v) is 18.3. The van der Waals surface area contributed by atoms with Gasteiger partial charge in [0.25, 0.3) is 5.91 Å². The molecule has 1 aromatic heterocycles. The molecule has 1 saturated heterocycles. The van der Waals surface area contributed by atoms with Crippen LogP contribution in [0.5, 0.6) is 0 Å². The first-order valence-corrected chi connectivity index (χ1v) is 12.0. The molecule has 30 heavy (non-hydrogen) atoms. The lowest BCUT2D eigenvalue weighted by molar-refractivity contribution is 0.102. The van der Waals surface area contributed by atoms with Crippen LogP contribution in [0, 0.1) is 0 Å². The topological polar surface area (TPSA) is 92.3 Å². The Morgan fingerprint density at radius 2 is 1.83 bits per heavy atom. The minimum absolute atomic E-state index is 0.0909. The Labute approximate surface area is 183 Å². The Morgan fingerprint density at radius 1 is 1.10 bits per heavy atom. The molecule has 1 fully saturated rings. The molecule has 2 heterocycles. The van der Waals surface area contributed by atoms with E-state index in [1.165, 1.54) is 15.6 Å². The van der Waals surface area contributed by atoms with Crippen molar-refractivity contribution in [3.63, 3.8) is 0 Å². The highest BCUT2D eigenvalue weighted by atomic mass is 35.5. The second-order valence-electron chi connectivity index (χ2n) is 6.92. The normalized spacial score (nSPS) is 17.6. The molecule has 0 aliphatic carbocycles. The van der Waals surface area contributed by atoms with Crippen LogP contribution in [0.4, 0.5) is 5.69 Å². The highest BCUT2D eigenvalue weighted by molar-refractivity contribution is 7.89. The number of aromatic nitrogens is 2. The molecule has 0 unspecified atom stereocenters. The van der Waals surface area contributed by atoms with Crippen LogP contribution >= 0.6 is 22.9 Å². The summed E-state index contributed by atoms with van der Waals surface area (Å²) in [6, 6.07) is 15.2. The summed E-state index contributed by atoms with van der Waals surface area (Å²) in [6.07, 6.45) is 1.52. The van der Waals surface area contributed by atoms with E-state index in [1.54, 1.807) is 54.6 Å². The van der Waals surface area contributed by atoms with Crippen molar-refractivity contribution in [2.45, 2.75) is 23.7 Å². The smallest absolute Gasteiger partial charge is 0.286 e. The van der Waals surface area contributed by atoms with E-state index in [0.717, 1.165) is 12.8 Å². The van der Waals surface area contributed by atoms with Crippen LogP contribution in [-0.4, -0.2) is 41.9 Å². The number of hydrogen-bond donors (Lipinski definition) is 1. The van der Waals surface area contributed by atoms with E-state index in [1.807, 2.05) is 0 Å². The van der Waals surface area contributed by atoms with Crippen molar-refractivity contribution in [3.05, 3.63) is 69.6 Å². The number of nitrogens with one attached hydrogen (secondary N) is 1. The average Bonchev–Trinajstić information content (AvgIpc) is 3.27. The minimum Gasteiger partial charge on any atom is -0.320 e. The number of hydrogen-bond acceptors (Lipinski definition) is 6. The molecule has 3 aromatic rings. The second-order valence-corrected chi connectivity index (χ2v) is 10.3. The van der Waals surface area contributed by atoms with E-state index in [9.17, 15) is 13.2 Å². The van der Waals surface area contributed by atoms with Crippen molar-refractivity contribution in [1.29, 1.82) is 0 Å². The number of nitrogens with zero attached hydrogens (tertiary/aromatic N) is 3. The summed E-state index contributed by atoms with van der Waals surface area (Å²) in [5.41, 5.74) is 0.610. The van der Waals surface area contributed by atoms with E-state index >= 15 is 0 Å². The molecule has 2 aromatic carbocycles. The molecule has 1 amide bonds. The Hall–Kier alpha value is -2.33. The maximum atomic E-state index is 12.9. The molecule has 0 bridgehead atoms. The first kappa shape index (κ1) is 20.9. The highest BCUT2D eigenvalue weighted by Gasteiger charge is 2.32. The van der Waals surface area contributed by atoms with E-state index in [4.69, 9.17) is 11.6 Å². The third-order valence-corrected chi connectivity index (χ3v) is 8.07. The summed E-state index contributed by atoms with van der Waals surface area (Å²) in [7, 11) is -3.56. The Morgan fingerprint density at radius 3 is 2.57 bits per heavy atom. The number of benzene rings is 2. The van der Waals surface area contributed by atoms with Crippen molar-refractivity contribution in [3.8, 4) is 0 Å². The fourth-order valence-corrected chi connectivity index (χ4v) is 5.85. The standard InChI is InChI=1S/C20H19ClN4O3S2/c21-15-8-10-16(11-9-15)22-18(26)20-24-23-19(29-20)14-5-4-12-25(13-14)30(27,28)17-6-2-1-3-7-17/h1-3,6-11,14H,4-5,12-13H2,(H,22,26)/t14-/m0/s1. The third-order valence-electron chi connectivity index (χ3n) is 4.85. The zero-order chi connectivity index (χ0) is 21.1. The second kappa shape index (κ2) is 8.81. The minimum atomic E-state index is -3.56. The Kier molecular flexibility index (Phi) is 6.14. The molecule has 1 aliphatic rings. The van der Waals surface area contributed by atoms with Crippen LogP contribution in [0.1, 0.15) is 33.6 Å². The molecule has 7 nitrogen and oxygen atoms in total. The van der Waals surface area contributed by atoms with Gasteiger partial charge in [-0.2, -0.15) is 4.31 Å². The molecule has 0 spiro atoms. The molecule has 1 N–H and O–H groups in total. The van der Waals surface area contributed by atoms with E-state index in [0.29, 0.717) is 28.8 Å². The van der Waals surface area contributed by atoms with Gasteiger partial charge in [0, 0.05) is 29.7 Å². The molecule has 1 aliphatic heterocycles. The number of halogens is 1. The molecule has 4 rings (SSSR count). The number of carbonyl (C=O) groups excluding carboxylic acids is 1. The summed E-state index contributed by atoms with van der Waals surface area (Å²) in [4.78, 5) is 12.7. The average molecular weight is 463 g/mol. The third kappa shape index (κ3) is 4.54. The van der Waals surface area contributed by atoms with Crippen molar-refractivity contribution in [2.75, 3.05) is 18.4 Å². The fraction of sp³-hybridized carbons (Fsp3) is 0.250. The Balaban J connectivity index is 1.46.